The van der Waals surface area contributed by atoms with Crippen LogP contribution in [-0.2, 0) is 4.74 Å². The molecule has 3 heterocycles. The molecule has 24 heavy (non-hydrogen) atoms. The molecule has 0 aromatic carbocycles. The maximum atomic E-state index is 6.48. The van der Waals surface area contributed by atoms with Gasteiger partial charge in [-0.1, -0.05) is 6.08 Å². The Morgan fingerprint density at radius 3 is 2.83 bits per heavy atom. The van der Waals surface area contributed by atoms with E-state index in [-0.39, 0.29) is 12.3 Å². The lowest BCUT2D eigenvalue weighted by Gasteiger charge is -2.39. The number of hydrogen-bond donors (Lipinski definition) is 1. The second kappa shape index (κ2) is 6.33. The van der Waals surface area contributed by atoms with Crippen LogP contribution in [0.3, 0.4) is 0 Å². The minimum absolute atomic E-state index is 0.146. The molecule has 2 atom stereocenters. The summed E-state index contributed by atoms with van der Waals surface area (Å²) in [6, 6.07) is 0.360. The molecular formula is C18H26N4O2. The largest absolute Gasteiger partial charge is 0.484 e. The predicted octanol–water partition coefficient (Wildman–Crippen LogP) is 0.573. The second-order valence-electron chi connectivity index (χ2n) is 7.18. The number of rotatable bonds is 2. The fourth-order valence-electron chi connectivity index (χ4n) is 4.03. The molecule has 0 bridgehead atoms. The van der Waals surface area contributed by atoms with Gasteiger partial charge in [-0.25, -0.2) is 4.99 Å². The normalized spacial score (nSPS) is 32.0. The third kappa shape index (κ3) is 2.78. The second-order valence-corrected chi connectivity index (χ2v) is 7.18. The van der Waals surface area contributed by atoms with E-state index in [0.717, 1.165) is 60.8 Å². The monoisotopic (exact) mass is 330 g/mol. The van der Waals surface area contributed by atoms with Gasteiger partial charge in [-0.2, -0.15) is 0 Å². The van der Waals surface area contributed by atoms with Crippen LogP contribution in [0.1, 0.15) is 32.1 Å². The third-order valence-corrected chi connectivity index (χ3v) is 5.55. The highest BCUT2D eigenvalue weighted by Crippen LogP contribution is 2.35. The lowest BCUT2D eigenvalue weighted by molar-refractivity contribution is 0.0944. The Hall–Kier alpha value is -1.66. The van der Waals surface area contributed by atoms with Crippen LogP contribution in [0.5, 0.6) is 5.75 Å². The number of likely N-dealkylation sites (N-methyl/N-ethyl adjacent to an activating group) is 1. The average molecular weight is 330 g/mol. The number of aromatic nitrogens is 1. The first kappa shape index (κ1) is 15.8. The Morgan fingerprint density at radius 2 is 2.08 bits per heavy atom. The number of pyridine rings is 1. The summed E-state index contributed by atoms with van der Waals surface area (Å²) >= 11 is 0. The van der Waals surface area contributed by atoms with Crippen molar-refractivity contribution in [1.29, 1.82) is 0 Å². The van der Waals surface area contributed by atoms with E-state index in [1.54, 1.807) is 7.11 Å². The topological polar surface area (TPSA) is 73.0 Å². The number of nitrogens with two attached hydrogens (primary N) is 1. The van der Waals surface area contributed by atoms with Gasteiger partial charge in [-0.15, -0.1) is 0 Å². The molecule has 0 radical (unpaired) electrons. The van der Waals surface area contributed by atoms with Crippen molar-refractivity contribution >= 4 is 11.8 Å². The standard InChI is InChI=1S/C18H26N4O2/c1-22-10-15(11-3-5-12(19)6-4-11)24-18-14(22)9-20-13-7-8-16(23-2)21-17(13)18/h7,9,11-12,15-16H,3-6,8,10,19H2,1-2H3/t11-,12-,15?,16?. The SMILES string of the molecule is COC1CC=c2ncc3c(c2=N1)OC([C@H]1CC[C@H](N)CC1)CN3C. The van der Waals surface area contributed by atoms with Gasteiger partial charge in [-0.3, -0.25) is 4.98 Å². The summed E-state index contributed by atoms with van der Waals surface area (Å²) in [7, 11) is 3.80. The van der Waals surface area contributed by atoms with Crippen LogP contribution in [0, 0.1) is 5.92 Å². The molecule has 6 heteroatoms. The first-order valence-corrected chi connectivity index (χ1v) is 8.89. The van der Waals surface area contributed by atoms with Gasteiger partial charge in [0.25, 0.3) is 0 Å². The molecule has 1 aromatic rings. The van der Waals surface area contributed by atoms with E-state index < -0.39 is 0 Å². The van der Waals surface area contributed by atoms with Crippen LogP contribution < -0.4 is 26.1 Å². The molecule has 1 aromatic heterocycles. The minimum atomic E-state index is -0.146. The molecule has 0 spiro atoms. The molecular weight excluding hydrogens is 304 g/mol. The van der Waals surface area contributed by atoms with Gasteiger partial charge < -0.3 is 20.1 Å². The lowest BCUT2D eigenvalue weighted by atomic mass is 9.82. The quantitative estimate of drug-likeness (QED) is 0.858. The maximum Gasteiger partial charge on any atom is 0.172 e. The maximum absolute atomic E-state index is 6.48. The average Bonchev–Trinajstić information content (AvgIpc) is 2.61. The Balaban J connectivity index is 1.69. The van der Waals surface area contributed by atoms with Crippen molar-refractivity contribution < 1.29 is 9.47 Å². The van der Waals surface area contributed by atoms with Gasteiger partial charge in [-0.05, 0) is 31.6 Å². The van der Waals surface area contributed by atoms with Crippen LogP contribution in [-0.4, -0.2) is 44.1 Å². The Bertz CT molecular complexity index is 727. The van der Waals surface area contributed by atoms with E-state index in [9.17, 15) is 0 Å². The summed E-state index contributed by atoms with van der Waals surface area (Å²) < 4.78 is 11.9. The summed E-state index contributed by atoms with van der Waals surface area (Å²) in [6.07, 6.45) is 9.28. The molecule has 4 rings (SSSR count). The van der Waals surface area contributed by atoms with Crippen molar-refractivity contribution in [3.05, 3.63) is 16.9 Å². The zero-order valence-electron chi connectivity index (χ0n) is 14.4. The molecule has 2 unspecified atom stereocenters. The molecule has 2 N–H and O–H groups in total. The van der Waals surface area contributed by atoms with E-state index in [0.29, 0.717) is 12.0 Å². The summed E-state index contributed by atoms with van der Waals surface area (Å²) in [4.78, 5) is 11.5. The Labute approximate surface area is 142 Å². The molecule has 130 valence electrons. The summed E-state index contributed by atoms with van der Waals surface area (Å²) in [5.41, 5.74) is 7.08. The van der Waals surface area contributed by atoms with Gasteiger partial charge in [0.05, 0.1) is 18.1 Å². The predicted molar refractivity (Wildman–Crippen MR) is 92.5 cm³/mol. The third-order valence-electron chi connectivity index (χ3n) is 5.55. The fraction of sp³-hybridized carbons (Fsp3) is 0.667. The van der Waals surface area contributed by atoms with Crippen molar-refractivity contribution in [2.75, 3.05) is 25.6 Å². The molecule has 0 saturated heterocycles. The van der Waals surface area contributed by atoms with Gasteiger partial charge in [0.15, 0.2) is 12.0 Å². The molecule has 2 aliphatic heterocycles. The van der Waals surface area contributed by atoms with E-state index in [2.05, 4.69) is 23.0 Å². The number of ether oxygens (including phenoxy) is 2. The highest BCUT2D eigenvalue weighted by Gasteiger charge is 2.34. The van der Waals surface area contributed by atoms with E-state index >= 15 is 0 Å². The van der Waals surface area contributed by atoms with Gasteiger partial charge in [0.2, 0.25) is 0 Å². The first-order chi connectivity index (χ1) is 11.7. The first-order valence-electron chi connectivity index (χ1n) is 8.89. The molecule has 1 fully saturated rings. The Morgan fingerprint density at radius 1 is 1.29 bits per heavy atom. The minimum Gasteiger partial charge on any atom is -0.484 e. The van der Waals surface area contributed by atoms with Crippen molar-refractivity contribution in [1.82, 2.24) is 4.98 Å². The number of anilines is 1. The van der Waals surface area contributed by atoms with Gasteiger partial charge in [0, 0.05) is 26.6 Å². The van der Waals surface area contributed by atoms with Gasteiger partial charge in [0.1, 0.15) is 17.1 Å². The van der Waals surface area contributed by atoms with Crippen LogP contribution in [0.2, 0.25) is 0 Å². The molecule has 1 saturated carbocycles. The number of nitrogens with zero attached hydrogens (tertiary/aromatic N) is 3. The molecule has 0 amide bonds. The summed E-state index contributed by atoms with van der Waals surface area (Å²) in [5, 5.41) is 1.75. The highest BCUT2D eigenvalue weighted by molar-refractivity contribution is 5.58. The van der Waals surface area contributed by atoms with Crippen molar-refractivity contribution in [3.8, 4) is 5.75 Å². The molecule has 6 nitrogen and oxygen atoms in total. The summed E-state index contributed by atoms with van der Waals surface area (Å²) in [5.74, 6) is 1.43. The van der Waals surface area contributed by atoms with Gasteiger partial charge >= 0.3 is 0 Å². The van der Waals surface area contributed by atoms with Crippen molar-refractivity contribution in [3.63, 3.8) is 0 Å². The molecule has 3 aliphatic rings. The zero-order valence-corrected chi connectivity index (χ0v) is 14.4. The number of hydrogen-bond acceptors (Lipinski definition) is 6. The zero-order chi connectivity index (χ0) is 16.7. The number of fused-ring (bicyclic) bond motifs is 3. The highest BCUT2D eigenvalue weighted by atomic mass is 16.5. The van der Waals surface area contributed by atoms with E-state index in [1.807, 2.05) is 6.20 Å². The van der Waals surface area contributed by atoms with Crippen LogP contribution >= 0.6 is 0 Å². The summed E-state index contributed by atoms with van der Waals surface area (Å²) in [6.45, 7) is 0.894. The Kier molecular flexibility index (Phi) is 4.18. The van der Waals surface area contributed by atoms with Crippen LogP contribution in [0.4, 0.5) is 5.69 Å². The molecule has 1 aliphatic carbocycles. The van der Waals surface area contributed by atoms with Crippen molar-refractivity contribution in [2.45, 2.75) is 50.5 Å². The van der Waals surface area contributed by atoms with Crippen LogP contribution in [0.25, 0.3) is 6.08 Å². The smallest absolute Gasteiger partial charge is 0.172 e. The lowest BCUT2D eigenvalue weighted by Crippen LogP contribution is -2.48. The van der Waals surface area contributed by atoms with E-state index in [1.165, 1.54) is 0 Å². The fourth-order valence-corrected chi connectivity index (χ4v) is 4.03. The van der Waals surface area contributed by atoms with E-state index in [4.69, 9.17) is 20.2 Å². The van der Waals surface area contributed by atoms with Crippen LogP contribution in [0.15, 0.2) is 11.2 Å². The number of methoxy groups -OCH3 is 1. The van der Waals surface area contributed by atoms with Crippen molar-refractivity contribution in [2.24, 2.45) is 16.6 Å².